The van der Waals surface area contributed by atoms with Crippen LogP contribution < -0.4 is 9.64 Å². The fourth-order valence-electron chi connectivity index (χ4n) is 4.33. The normalized spacial score (nSPS) is 17.7. The summed E-state index contributed by atoms with van der Waals surface area (Å²) >= 11 is 0. The SMILES string of the molecule is CCCN1C(=O)C(=O)/C(=C(\O)c2ccc(OC)cc2C)C1c1ccc(N(CC)CC)cc1. The largest absolute Gasteiger partial charge is 0.507 e. The summed E-state index contributed by atoms with van der Waals surface area (Å²) < 4.78 is 5.25. The van der Waals surface area contributed by atoms with E-state index < -0.39 is 17.7 Å². The highest BCUT2D eigenvalue weighted by molar-refractivity contribution is 6.46. The van der Waals surface area contributed by atoms with E-state index in [0.29, 0.717) is 24.3 Å². The Morgan fingerprint density at radius 3 is 2.25 bits per heavy atom. The molecule has 6 heteroatoms. The van der Waals surface area contributed by atoms with Crippen molar-refractivity contribution < 1.29 is 19.4 Å². The van der Waals surface area contributed by atoms with Gasteiger partial charge in [-0.3, -0.25) is 9.59 Å². The number of hydrogen-bond donors (Lipinski definition) is 1. The van der Waals surface area contributed by atoms with Crippen LogP contribution in [0.1, 0.15) is 49.9 Å². The number of methoxy groups -OCH3 is 1. The van der Waals surface area contributed by atoms with Crippen LogP contribution in [-0.4, -0.2) is 48.4 Å². The molecule has 0 aromatic heterocycles. The molecule has 1 heterocycles. The predicted molar refractivity (Wildman–Crippen MR) is 127 cm³/mol. The van der Waals surface area contributed by atoms with Gasteiger partial charge in [-0.2, -0.15) is 0 Å². The first-order chi connectivity index (χ1) is 15.4. The lowest BCUT2D eigenvalue weighted by atomic mass is 9.93. The smallest absolute Gasteiger partial charge is 0.295 e. The average Bonchev–Trinajstić information content (AvgIpc) is 3.05. The summed E-state index contributed by atoms with van der Waals surface area (Å²) in [7, 11) is 1.58. The van der Waals surface area contributed by atoms with Gasteiger partial charge in [-0.05, 0) is 68.7 Å². The minimum Gasteiger partial charge on any atom is -0.507 e. The van der Waals surface area contributed by atoms with E-state index in [2.05, 4.69) is 18.7 Å². The molecule has 0 saturated carbocycles. The molecule has 1 aliphatic rings. The van der Waals surface area contributed by atoms with Gasteiger partial charge < -0.3 is 19.6 Å². The van der Waals surface area contributed by atoms with Crippen molar-refractivity contribution in [3.05, 3.63) is 64.7 Å². The van der Waals surface area contributed by atoms with Gasteiger partial charge in [-0.15, -0.1) is 0 Å². The van der Waals surface area contributed by atoms with Gasteiger partial charge in [0.1, 0.15) is 11.5 Å². The van der Waals surface area contributed by atoms with Crippen molar-refractivity contribution in [3.63, 3.8) is 0 Å². The first kappa shape index (κ1) is 23.4. The Morgan fingerprint density at radius 2 is 1.72 bits per heavy atom. The molecular formula is C26H32N2O4. The van der Waals surface area contributed by atoms with E-state index in [9.17, 15) is 14.7 Å². The highest BCUT2D eigenvalue weighted by atomic mass is 16.5. The molecule has 0 bridgehead atoms. The topological polar surface area (TPSA) is 70.1 Å². The van der Waals surface area contributed by atoms with Crippen molar-refractivity contribution in [2.75, 3.05) is 31.6 Å². The Balaban J connectivity index is 2.14. The molecular weight excluding hydrogens is 404 g/mol. The van der Waals surface area contributed by atoms with E-state index in [-0.39, 0.29) is 11.3 Å². The Kier molecular flexibility index (Phi) is 7.23. The molecule has 1 saturated heterocycles. The lowest BCUT2D eigenvalue weighted by molar-refractivity contribution is -0.139. The fraction of sp³-hybridized carbons (Fsp3) is 0.385. The summed E-state index contributed by atoms with van der Waals surface area (Å²) in [6.07, 6.45) is 0.711. The summed E-state index contributed by atoms with van der Waals surface area (Å²) in [5.41, 5.74) is 3.30. The highest BCUT2D eigenvalue weighted by Gasteiger charge is 2.45. The number of anilines is 1. The molecule has 170 valence electrons. The monoisotopic (exact) mass is 436 g/mol. The van der Waals surface area contributed by atoms with Crippen LogP contribution in [-0.2, 0) is 9.59 Å². The maximum Gasteiger partial charge on any atom is 0.295 e. The van der Waals surface area contributed by atoms with E-state index in [4.69, 9.17) is 4.74 Å². The maximum absolute atomic E-state index is 13.0. The number of hydrogen-bond acceptors (Lipinski definition) is 5. The molecule has 0 aliphatic carbocycles. The van der Waals surface area contributed by atoms with Crippen molar-refractivity contribution in [2.24, 2.45) is 0 Å². The lowest BCUT2D eigenvalue weighted by Gasteiger charge is -2.26. The molecule has 32 heavy (non-hydrogen) atoms. The number of likely N-dealkylation sites (tertiary alicyclic amines) is 1. The number of ketones is 1. The van der Waals surface area contributed by atoms with Crippen LogP contribution in [0.5, 0.6) is 5.75 Å². The molecule has 3 rings (SSSR count). The minimum atomic E-state index is -0.649. The number of rotatable bonds is 8. The number of aliphatic hydroxyl groups excluding tert-OH is 1. The summed E-state index contributed by atoms with van der Waals surface area (Å²) in [6, 6.07) is 12.5. The van der Waals surface area contributed by atoms with Gasteiger partial charge in [0, 0.05) is 30.9 Å². The van der Waals surface area contributed by atoms with Gasteiger partial charge in [-0.1, -0.05) is 19.1 Å². The number of aryl methyl sites for hydroxylation is 1. The average molecular weight is 437 g/mol. The zero-order chi connectivity index (χ0) is 23.4. The number of benzene rings is 2. The second kappa shape index (κ2) is 9.90. The van der Waals surface area contributed by atoms with E-state index in [1.807, 2.05) is 38.1 Å². The van der Waals surface area contributed by atoms with Crippen LogP contribution in [0.15, 0.2) is 48.0 Å². The molecule has 2 aromatic rings. The zero-order valence-electron chi connectivity index (χ0n) is 19.5. The third-order valence-electron chi connectivity index (χ3n) is 6.03. The maximum atomic E-state index is 13.0. The molecule has 1 N–H and O–H groups in total. The first-order valence-corrected chi connectivity index (χ1v) is 11.2. The van der Waals surface area contributed by atoms with Crippen molar-refractivity contribution in [3.8, 4) is 5.75 Å². The standard InChI is InChI=1S/C26H32N2O4/c1-6-15-28-23(18-9-11-19(12-10-18)27(7-2)8-3)22(25(30)26(28)31)24(29)21-14-13-20(32-5)16-17(21)4/h9-14,16,23,29H,6-8,15H2,1-5H3/b24-22-. The molecule has 1 amide bonds. The molecule has 2 aromatic carbocycles. The summed E-state index contributed by atoms with van der Waals surface area (Å²) in [4.78, 5) is 29.7. The number of nitrogens with zero attached hydrogens (tertiary/aromatic N) is 2. The fourth-order valence-corrected chi connectivity index (χ4v) is 4.33. The summed E-state index contributed by atoms with van der Waals surface area (Å²) in [5.74, 6) is -0.713. The zero-order valence-corrected chi connectivity index (χ0v) is 19.5. The van der Waals surface area contributed by atoms with Crippen molar-refractivity contribution >= 4 is 23.1 Å². The van der Waals surface area contributed by atoms with E-state index in [0.717, 1.165) is 29.9 Å². The van der Waals surface area contributed by atoms with Gasteiger partial charge in [0.15, 0.2) is 0 Å². The number of aliphatic hydroxyl groups is 1. The van der Waals surface area contributed by atoms with Gasteiger partial charge in [0.25, 0.3) is 11.7 Å². The molecule has 1 fully saturated rings. The Bertz CT molecular complexity index is 1020. The van der Waals surface area contributed by atoms with Crippen LogP contribution in [0.4, 0.5) is 5.69 Å². The number of Topliss-reactive ketones (excluding diaryl/α,β-unsaturated/α-hetero) is 1. The van der Waals surface area contributed by atoms with Crippen molar-refractivity contribution in [2.45, 2.75) is 40.2 Å². The number of ether oxygens (including phenoxy) is 1. The Labute approximate surface area is 190 Å². The van der Waals surface area contributed by atoms with E-state index in [1.54, 1.807) is 30.2 Å². The van der Waals surface area contributed by atoms with Gasteiger partial charge in [0.2, 0.25) is 0 Å². The molecule has 0 spiro atoms. The van der Waals surface area contributed by atoms with Crippen LogP contribution >= 0.6 is 0 Å². The van der Waals surface area contributed by atoms with Crippen molar-refractivity contribution in [1.82, 2.24) is 4.90 Å². The van der Waals surface area contributed by atoms with E-state index in [1.165, 1.54) is 0 Å². The van der Waals surface area contributed by atoms with Crippen LogP contribution in [0.3, 0.4) is 0 Å². The van der Waals surface area contributed by atoms with Gasteiger partial charge >= 0.3 is 0 Å². The van der Waals surface area contributed by atoms with E-state index >= 15 is 0 Å². The molecule has 1 atom stereocenters. The van der Waals surface area contributed by atoms with Crippen LogP contribution in [0.25, 0.3) is 5.76 Å². The number of carbonyl (C=O) groups excluding carboxylic acids is 2. The second-order valence-electron chi connectivity index (χ2n) is 7.94. The predicted octanol–water partition coefficient (Wildman–Crippen LogP) is 4.68. The Morgan fingerprint density at radius 1 is 1.06 bits per heavy atom. The van der Waals surface area contributed by atoms with Crippen LogP contribution in [0, 0.1) is 6.92 Å². The lowest BCUT2D eigenvalue weighted by Crippen LogP contribution is -2.30. The Hall–Kier alpha value is -3.28. The second-order valence-corrected chi connectivity index (χ2v) is 7.94. The number of carbonyl (C=O) groups is 2. The number of amides is 1. The quantitative estimate of drug-likeness (QED) is 0.370. The molecule has 6 nitrogen and oxygen atoms in total. The van der Waals surface area contributed by atoms with Crippen LogP contribution in [0.2, 0.25) is 0 Å². The molecule has 0 radical (unpaired) electrons. The van der Waals surface area contributed by atoms with Crippen molar-refractivity contribution in [1.29, 1.82) is 0 Å². The summed E-state index contributed by atoms with van der Waals surface area (Å²) in [5, 5.41) is 11.2. The minimum absolute atomic E-state index is 0.132. The first-order valence-electron chi connectivity index (χ1n) is 11.2. The molecule has 1 unspecified atom stereocenters. The third kappa shape index (κ3) is 4.22. The molecule has 1 aliphatic heterocycles. The van der Waals surface area contributed by atoms with Gasteiger partial charge in [-0.25, -0.2) is 0 Å². The highest BCUT2D eigenvalue weighted by Crippen LogP contribution is 2.40. The third-order valence-corrected chi connectivity index (χ3v) is 6.03. The van der Waals surface area contributed by atoms with Gasteiger partial charge in [0.05, 0.1) is 18.7 Å². The summed E-state index contributed by atoms with van der Waals surface area (Å²) in [6.45, 7) is 10.2.